The summed E-state index contributed by atoms with van der Waals surface area (Å²) >= 11 is 0. The highest BCUT2D eigenvalue weighted by atomic mass is 16.5. The lowest BCUT2D eigenvalue weighted by Crippen LogP contribution is -2.62. The van der Waals surface area contributed by atoms with E-state index in [1.165, 1.54) is 51.6 Å². The van der Waals surface area contributed by atoms with Crippen molar-refractivity contribution in [3.63, 3.8) is 0 Å². The zero-order chi connectivity index (χ0) is 11.0. The Morgan fingerprint density at radius 2 is 1.62 bits per heavy atom. The van der Waals surface area contributed by atoms with Crippen LogP contribution in [0.3, 0.4) is 0 Å². The van der Waals surface area contributed by atoms with E-state index in [1.807, 2.05) is 0 Å². The van der Waals surface area contributed by atoms with Crippen molar-refractivity contribution in [3.8, 4) is 0 Å². The van der Waals surface area contributed by atoms with Gasteiger partial charge in [-0.25, -0.2) is 0 Å². The number of ether oxygens (including phenoxy) is 1. The monoisotopic (exact) mass is 224 g/mol. The van der Waals surface area contributed by atoms with Gasteiger partial charge in [0.2, 0.25) is 0 Å². The molecule has 0 amide bonds. The second kappa shape index (κ2) is 4.28. The van der Waals surface area contributed by atoms with Crippen molar-refractivity contribution in [2.45, 2.75) is 50.6 Å². The fraction of sp³-hybridized carbons (Fsp3) is 1.00. The van der Waals surface area contributed by atoms with Crippen molar-refractivity contribution in [2.75, 3.05) is 26.3 Å². The van der Waals surface area contributed by atoms with Crippen molar-refractivity contribution in [2.24, 2.45) is 11.1 Å². The van der Waals surface area contributed by atoms with E-state index < -0.39 is 0 Å². The molecule has 3 heteroatoms. The van der Waals surface area contributed by atoms with Gasteiger partial charge in [-0.2, -0.15) is 0 Å². The van der Waals surface area contributed by atoms with Gasteiger partial charge in [0.15, 0.2) is 0 Å². The number of hydrogen-bond donors (Lipinski definition) is 1. The van der Waals surface area contributed by atoms with Crippen molar-refractivity contribution in [1.29, 1.82) is 0 Å². The smallest absolute Gasteiger partial charge is 0.0472 e. The summed E-state index contributed by atoms with van der Waals surface area (Å²) in [6.07, 6.45) is 7.70. The van der Waals surface area contributed by atoms with Crippen LogP contribution in [0.1, 0.15) is 38.5 Å². The third-order valence-corrected chi connectivity index (χ3v) is 4.89. The Labute approximate surface area is 98.3 Å². The Kier molecular flexibility index (Phi) is 2.94. The van der Waals surface area contributed by atoms with E-state index in [2.05, 4.69) is 4.90 Å². The third-order valence-electron chi connectivity index (χ3n) is 4.89. The summed E-state index contributed by atoms with van der Waals surface area (Å²) in [5.41, 5.74) is 6.59. The zero-order valence-electron chi connectivity index (χ0n) is 10.2. The van der Waals surface area contributed by atoms with E-state index in [1.54, 1.807) is 0 Å². The lowest BCUT2D eigenvalue weighted by Gasteiger charge is -2.56. The maximum Gasteiger partial charge on any atom is 0.0472 e. The van der Waals surface area contributed by atoms with Crippen molar-refractivity contribution in [3.05, 3.63) is 0 Å². The van der Waals surface area contributed by atoms with E-state index in [0.29, 0.717) is 11.5 Å². The minimum atomic E-state index is 0.481. The molecule has 3 nitrogen and oxygen atoms in total. The van der Waals surface area contributed by atoms with Gasteiger partial charge >= 0.3 is 0 Å². The van der Waals surface area contributed by atoms with Crippen LogP contribution in [0.4, 0.5) is 0 Å². The average Bonchev–Trinajstić information content (AvgIpc) is 2.28. The first-order valence-electron chi connectivity index (χ1n) is 6.85. The summed E-state index contributed by atoms with van der Waals surface area (Å²) < 4.78 is 5.46. The molecule has 2 saturated heterocycles. The normalized spacial score (nSPS) is 39.6. The minimum absolute atomic E-state index is 0.481. The molecule has 0 aromatic heterocycles. The van der Waals surface area contributed by atoms with Crippen LogP contribution in [0.5, 0.6) is 0 Å². The number of likely N-dealkylation sites (tertiary alicyclic amines) is 1. The highest BCUT2D eigenvalue weighted by Gasteiger charge is 2.46. The molecule has 1 aliphatic carbocycles. The quantitative estimate of drug-likeness (QED) is 0.731. The van der Waals surface area contributed by atoms with E-state index in [0.717, 1.165) is 19.3 Å². The van der Waals surface area contributed by atoms with Crippen LogP contribution in [-0.2, 0) is 4.74 Å². The molecule has 1 spiro atoms. The third kappa shape index (κ3) is 2.01. The summed E-state index contributed by atoms with van der Waals surface area (Å²) in [7, 11) is 0. The summed E-state index contributed by atoms with van der Waals surface area (Å²) in [4.78, 5) is 2.71. The molecule has 0 unspecified atom stereocenters. The van der Waals surface area contributed by atoms with E-state index in [4.69, 9.17) is 10.5 Å². The standard InChI is InChI=1S/C13H24N2O/c14-11-1-3-12(4-2-11)15-9-13(10-15)5-7-16-8-6-13/h11-12H,1-10,14H2. The molecule has 0 radical (unpaired) electrons. The van der Waals surface area contributed by atoms with E-state index >= 15 is 0 Å². The molecule has 1 saturated carbocycles. The van der Waals surface area contributed by atoms with Crippen molar-refractivity contribution < 1.29 is 4.74 Å². The van der Waals surface area contributed by atoms with Gasteiger partial charge < -0.3 is 10.5 Å². The van der Waals surface area contributed by atoms with Gasteiger partial charge in [-0.05, 0) is 38.5 Å². The molecule has 0 atom stereocenters. The van der Waals surface area contributed by atoms with Crippen LogP contribution in [-0.4, -0.2) is 43.3 Å². The van der Waals surface area contributed by atoms with Crippen LogP contribution in [0, 0.1) is 5.41 Å². The SMILES string of the molecule is NC1CCC(N2CC3(CCOCC3)C2)CC1. The molecule has 2 N–H and O–H groups in total. The molecule has 3 rings (SSSR count). The molecule has 3 aliphatic rings. The molecule has 0 aromatic carbocycles. The van der Waals surface area contributed by atoms with Gasteiger partial charge in [-0.15, -0.1) is 0 Å². The highest BCUT2D eigenvalue weighted by molar-refractivity contribution is 4.99. The molecule has 2 aliphatic heterocycles. The lowest BCUT2D eigenvalue weighted by atomic mass is 9.71. The van der Waals surface area contributed by atoms with Gasteiger partial charge in [-0.3, -0.25) is 4.90 Å². The van der Waals surface area contributed by atoms with Crippen molar-refractivity contribution >= 4 is 0 Å². The van der Waals surface area contributed by atoms with Gasteiger partial charge in [0, 0.05) is 43.8 Å². The number of rotatable bonds is 1. The second-order valence-corrected chi connectivity index (χ2v) is 6.09. The Balaban J connectivity index is 1.49. The molecule has 3 fully saturated rings. The number of nitrogens with zero attached hydrogens (tertiary/aromatic N) is 1. The first-order valence-corrected chi connectivity index (χ1v) is 6.85. The molecule has 0 bridgehead atoms. The first kappa shape index (κ1) is 11.0. The van der Waals surface area contributed by atoms with Crippen LogP contribution >= 0.6 is 0 Å². The highest BCUT2D eigenvalue weighted by Crippen LogP contribution is 2.42. The maximum absolute atomic E-state index is 5.96. The lowest BCUT2D eigenvalue weighted by molar-refractivity contribution is -0.102. The molecule has 0 aromatic rings. The fourth-order valence-corrected chi connectivity index (χ4v) is 3.66. The molecule has 2 heterocycles. The van der Waals surface area contributed by atoms with E-state index in [-0.39, 0.29) is 0 Å². The maximum atomic E-state index is 5.96. The molecular formula is C13H24N2O. The van der Waals surface area contributed by atoms with Gasteiger partial charge in [0.05, 0.1) is 0 Å². The van der Waals surface area contributed by atoms with Gasteiger partial charge in [0.25, 0.3) is 0 Å². The summed E-state index contributed by atoms with van der Waals surface area (Å²) in [5, 5.41) is 0. The second-order valence-electron chi connectivity index (χ2n) is 6.09. The minimum Gasteiger partial charge on any atom is -0.381 e. The van der Waals surface area contributed by atoms with Crippen LogP contribution in [0.25, 0.3) is 0 Å². The van der Waals surface area contributed by atoms with Crippen molar-refractivity contribution in [1.82, 2.24) is 4.90 Å². The van der Waals surface area contributed by atoms with Crippen LogP contribution in [0.15, 0.2) is 0 Å². The van der Waals surface area contributed by atoms with Gasteiger partial charge in [-0.1, -0.05) is 0 Å². The fourth-order valence-electron chi connectivity index (χ4n) is 3.66. The van der Waals surface area contributed by atoms with Gasteiger partial charge in [0.1, 0.15) is 0 Å². The average molecular weight is 224 g/mol. The summed E-state index contributed by atoms with van der Waals surface area (Å²) in [6.45, 7) is 4.64. The van der Waals surface area contributed by atoms with Crippen LogP contribution < -0.4 is 5.73 Å². The zero-order valence-corrected chi connectivity index (χ0v) is 10.2. The Morgan fingerprint density at radius 3 is 2.25 bits per heavy atom. The number of nitrogens with two attached hydrogens (primary N) is 1. The summed E-state index contributed by atoms with van der Waals surface area (Å²) in [5.74, 6) is 0. The number of hydrogen-bond acceptors (Lipinski definition) is 3. The molecular weight excluding hydrogens is 200 g/mol. The molecule has 92 valence electrons. The Morgan fingerprint density at radius 1 is 1.00 bits per heavy atom. The van der Waals surface area contributed by atoms with Crippen LogP contribution in [0.2, 0.25) is 0 Å². The Bertz CT molecular complexity index is 234. The predicted octanol–water partition coefficient (Wildman–Crippen LogP) is 1.37. The first-order chi connectivity index (χ1) is 7.77. The predicted molar refractivity (Wildman–Crippen MR) is 64.3 cm³/mol. The Hall–Kier alpha value is -0.120. The van der Waals surface area contributed by atoms with E-state index in [9.17, 15) is 0 Å². The topological polar surface area (TPSA) is 38.5 Å². The molecule has 16 heavy (non-hydrogen) atoms. The largest absolute Gasteiger partial charge is 0.381 e. The summed E-state index contributed by atoms with van der Waals surface area (Å²) in [6, 6.07) is 1.32.